The van der Waals surface area contributed by atoms with Crippen LogP contribution >= 0.6 is 0 Å². The topological polar surface area (TPSA) is 73.2 Å². The average Bonchev–Trinajstić information content (AvgIpc) is 2.73. The van der Waals surface area contributed by atoms with Crippen LogP contribution in [0.3, 0.4) is 0 Å². The fraction of sp³-hybridized carbons (Fsp3) is 0.353. The molecule has 0 bridgehead atoms. The Balaban J connectivity index is 2.22. The molecular formula is C17H21N3O3. The van der Waals surface area contributed by atoms with E-state index in [2.05, 4.69) is 10.4 Å². The van der Waals surface area contributed by atoms with Crippen LogP contribution in [0, 0.1) is 13.8 Å². The molecule has 0 aliphatic rings. The maximum Gasteiger partial charge on any atom is 0.229 e. The van der Waals surface area contributed by atoms with Gasteiger partial charge in [0.05, 0.1) is 30.6 Å². The van der Waals surface area contributed by atoms with Gasteiger partial charge < -0.3 is 10.1 Å². The molecule has 23 heavy (non-hydrogen) atoms. The molecule has 122 valence electrons. The maximum absolute atomic E-state index is 12.4. The molecule has 0 radical (unpaired) electrons. The Hall–Kier alpha value is -2.63. The molecule has 1 aromatic carbocycles. The molecule has 1 heterocycles. The highest BCUT2D eigenvalue weighted by Crippen LogP contribution is 2.23. The molecule has 2 rings (SSSR count). The smallest absolute Gasteiger partial charge is 0.229 e. The van der Waals surface area contributed by atoms with Gasteiger partial charge in [-0.2, -0.15) is 5.10 Å². The van der Waals surface area contributed by atoms with E-state index in [-0.39, 0.29) is 18.1 Å². The molecule has 1 aromatic heterocycles. The number of aryl methyl sites for hydroxylation is 2. The summed E-state index contributed by atoms with van der Waals surface area (Å²) in [4.78, 5) is 23.9. The van der Waals surface area contributed by atoms with Gasteiger partial charge >= 0.3 is 0 Å². The summed E-state index contributed by atoms with van der Waals surface area (Å²) in [6.07, 6.45) is 0.123. The number of ether oxygens (including phenoxy) is 1. The number of methoxy groups -OCH3 is 1. The van der Waals surface area contributed by atoms with Gasteiger partial charge in [-0.05, 0) is 39.0 Å². The van der Waals surface area contributed by atoms with Crippen LogP contribution in [0.15, 0.2) is 18.2 Å². The summed E-state index contributed by atoms with van der Waals surface area (Å²) >= 11 is 0. The quantitative estimate of drug-likeness (QED) is 0.860. The largest absolute Gasteiger partial charge is 0.496 e. The van der Waals surface area contributed by atoms with Crippen LogP contribution in [-0.4, -0.2) is 28.6 Å². The number of amides is 1. The third-order valence-corrected chi connectivity index (χ3v) is 3.81. The van der Waals surface area contributed by atoms with E-state index in [1.54, 1.807) is 30.0 Å². The minimum atomic E-state index is -0.178. The number of carbonyl (C=O) groups excluding carboxylic acids is 2. The molecule has 0 atom stereocenters. The van der Waals surface area contributed by atoms with Gasteiger partial charge in [0.2, 0.25) is 5.91 Å². The Kier molecular flexibility index (Phi) is 4.83. The van der Waals surface area contributed by atoms with E-state index in [1.165, 1.54) is 6.92 Å². The molecule has 1 N–H and O–H groups in total. The van der Waals surface area contributed by atoms with Crippen LogP contribution in [0.4, 0.5) is 5.69 Å². The zero-order chi connectivity index (χ0) is 17.1. The van der Waals surface area contributed by atoms with Crippen LogP contribution in [-0.2, 0) is 18.3 Å². The molecule has 0 fully saturated rings. The first-order valence-electron chi connectivity index (χ1n) is 7.31. The number of hydrogen-bond acceptors (Lipinski definition) is 4. The highest BCUT2D eigenvalue weighted by Gasteiger charge is 2.15. The lowest BCUT2D eigenvalue weighted by atomic mass is 10.0. The lowest BCUT2D eigenvalue weighted by molar-refractivity contribution is -0.115. The lowest BCUT2D eigenvalue weighted by Gasteiger charge is -2.10. The number of benzene rings is 1. The normalized spacial score (nSPS) is 10.5. The van der Waals surface area contributed by atoms with E-state index in [9.17, 15) is 9.59 Å². The van der Waals surface area contributed by atoms with Crippen LogP contribution < -0.4 is 10.1 Å². The number of hydrogen-bond donors (Lipinski definition) is 1. The molecule has 1 amide bonds. The Labute approximate surface area is 135 Å². The summed E-state index contributed by atoms with van der Waals surface area (Å²) in [6.45, 7) is 5.24. The summed E-state index contributed by atoms with van der Waals surface area (Å²) in [5.41, 5.74) is 3.61. The van der Waals surface area contributed by atoms with Crippen molar-refractivity contribution in [3.8, 4) is 5.75 Å². The Morgan fingerprint density at radius 3 is 2.52 bits per heavy atom. The Morgan fingerprint density at radius 1 is 1.30 bits per heavy atom. The van der Waals surface area contributed by atoms with E-state index in [0.29, 0.717) is 16.9 Å². The first-order valence-corrected chi connectivity index (χ1v) is 7.31. The number of ketones is 1. The van der Waals surface area contributed by atoms with Crippen molar-refractivity contribution in [1.82, 2.24) is 9.78 Å². The van der Waals surface area contributed by atoms with E-state index in [4.69, 9.17) is 4.74 Å². The number of Topliss-reactive ketones (excluding diaryl/α,β-unsaturated/α-hetero) is 1. The van der Waals surface area contributed by atoms with Crippen molar-refractivity contribution in [2.45, 2.75) is 27.2 Å². The predicted octanol–water partition coefficient (Wildman–Crippen LogP) is 2.43. The van der Waals surface area contributed by atoms with E-state index >= 15 is 0 Å². The lowest BCUT2D eigenvalue weighted by Crippen LogP contribution is -2.16. The van der Waals surface area contributed by atoms with Gasteiger partial charge in [-0.3, -0.25) is 14.3 Å². The molecule has 2 aromatic rings. The predicted molar refractivity (Wildman–Crippen MR) is 88.0 cm³/mol. The molecular weight excluding hydrogens is 294 g/mol. The van der Waals surface area contributed by atoms with Crippen molar-refractivity contribution < 1.29 is 14.3 Å². The molecule has 0 unspecified atom stereocenters. The number of carbonyl (C=O) groups is 2. The second kappa shape index (κ2) is 6.64. The van der Waals surface area contributed by atoms with Crippen molar-refractivity contribution in [1.29, 1.82) is 0 Å². The molecule has 0 saturated carbocycles. The van der Waals surface area contributed by atoms with Gasteiger partial charge in [0, 0.05) is 18.2 Å². The number of aromatic nitrogens is 2. The Morgan fingerprint density at radius 2 is 2.00 bits per heavy atom. The monoisotopic (exact) mass is 315 g/mol. The standard InChI is InChI=1S/C17H21N3O3/c1-10-17(11(2)20(4)19-10)18-16(22)9-14-8-13(12(3)21)6-7-15(14)23-5/h6-8H,9H2,1-5H3,(H,18,22). The van der Waals surface area contributed by atoms with E-state index < -0.39 is 0 Å². The van der Waals surface area contributed by atoms with Gasteiger partial charge in [0.1, 0.15) is 5.75 Å². The third-order valence-electron chi connectivity index (χ3n) is 3.81. The average molecular weight is 315 g/mol. The summed E-state index contributed by atoms with van der Waals surface area (Å²) in [5.74, 6) is 0.362. The van der Waals surface area contributed by atoms with Crippen LogP contribution in [0.25, 0.3) is 0 Å². The van der Waals surface area contributed by atoms with Gasteiger partial charge in [-0.1, -0.05) is 0 Å². The van der Waals surface area contributed by atoms with Crippen molar-refractivity contribution >= 4 is 17.4 Å². The van der Waals surface area contributed by atoms with Crippen molar-refractivity contribution in [3.05, 3.63) is 40.7 Å². The molecule has 0 saturated heterocycles. The van der Waals surface area contributed by atoms with Gasteiger partial charge in [0.25, 0.3) is 0 Å². The van der Waals surface area contributed by atoms with Gasteiger partial charge in [-0.15, -0.1) is 0 Å². The molecule has 0 aliphatic heterocycles. The van der Waals surface area contributed by atoms with Crippen LogP contribution in [0.5, 0.6) is 5.75 Å². The number of nitrogens with zero attached hydrogens (tertiary/aromatic N) is 2. The fourth-order valence-electron chi connectivity index (χ4n) is 2.45. The second-order valence-electron chi connectivity index (χ2n) is 5.48. The van der Waals surface area contributed by atoms with E-state index in [0.717, 1.165) is 17.1 Å². The van der Waals surface area contributed by atoms with Gasteiger partial charge in [-0.25, -0.2) is 0 Å². The van der Waals surface area contributed by atoms with Crippen molar-refractivity contribution in [2.75, 3.05) is 12.4 Å². The number of nitrogens with one attached hydrogen (secondary N) is 1. The first-order chi connectivity index (χ1) is 10.8. The zero-order valence-electron chi connectivity index (χ0n) is 14.1. The van der Waals surface area contributed by atoms with Gasteiger partial charge in [0.15, 0.2) is 5.78 Å². The van der Waals surface area contributed by atoms with E-state index in [1.807, 2.05) is 20.9 Å². The third kappa shape index (κ3) is 3.59. The van der Waals surface area contributed by atoms with Crippen molar-refractivity contribution in [2.24, 2.45) is 7.05 Å². The minimum Gasteiger partial charge on any atom is -0.496 e. The zero-order valence-corrected chi connectivity index (χ0v) is 14.1. The van der Waals surface area contributed by atoms with Crippen LogP contribution in [0.2, 0.25) is 0 Å². The minimum absolute atomic E-state index is 0.0479. The molecule has 6 nitrogen and oxygen atoms in total. The summed E-state index contributed by atoms with van der Waals surface area (Å²) in [5, 5.41) is 7.16. The van der Waals surface area contributed by atoms with Crippen molar-refractivity contribution in [3.63, 3.8) is 0 Å². The van der Waals surface area contributed by atoms with Crippen LogP contribution in [0.1, 0.15) is 34.2 Å². The maximum atomic E-state index is 12.4. The summed E-state index contributed by atoms with van der Waals surface area (Å²) in [7, 11) is 3.37. The summed E-state index contributed by atoms with van der Waals surface area (Å²) < 4.78 is 7.00. The number of rotatable bonds is 5. The second-order valence-corrected chi connectivity index (χ2v) is 5.48. The first kappa shape index (κ1) is 16.7. The summed E-state index contributed by atoms with van der Waals surface area (Å²) in [6, 6.07) is 5.10. The SMILES string of the molecule is COc1ccc(C(C)=O)cc1CC(=O)Nc1c(C)nn(C)c1C. The highest BCUT2D eigenvalue weighted by atomic mass is 16.5. The highest BCUT2D eigenvalue weighted by molar-refractivity contribution is 5.96. The Bertz CT molecular complexity index is 763. The molecule has 0 aliphatic carbocycles. The number of anilines is 1. The fourth-order valence-corrected chi connectivity index (χ4v) is 2.45. The molecule has 0 spiro atoms. The molecule has 6 heteroatoms.